The molecule has 0 saturated carbocycles. The van der Waals surface area contributed by atoms with Crippen LogP contribution >= 0.6 is 11.6 Å². The number of aromatic nitrogens is 4. The van der Waals surface area contributed by atoms with Crippen molar-refractivity contribution in [2.75, 3.05) is 5.32 Å². The summed E-state index contributed by atoms with van der Waals surface area (Å²) in [5.74, 6) is 1.27. The molecule has 2 aromatic heterocycles. The first kappa shape index (κ1) is 11.5. The maximum Gasteiger partial charge on any atom is 0.223 e. The van der Waals surface area contributed by atoms with Crippen molar-refractivity contribution in [1.29, 1.82) is 0 Å². The van der Waals surface area contributed by atoms with Crippen LogP contribution < -0.4 is 5.32 Å². The van der Waals surface area contributed by atoms with E-state index in [1.807, 2.05) is 0 Å². The molecule has 2 aromatic rings. The van der Waals surface area contributed by atoms with Crippen LogP contribution in [-0.2, 0) is 6.54 Å². The minimum Gasteiger partial charge on any atom is -0.362 e. The molecule has 2 heterocycles. The second kappa shape index (κ2) is 4.88. The summed E-state index contributed by atoms with van der Waals surface area (Å²) >= 11 is 5.74. The maximum atomic E-state index is 10.8. The molecule has 8 heteroatoms. The smallest absolute Gasteiger partial charge is 0.223 e. The molecule has 0 unspecified atom stereocenters. The van der Waals surface area contributed by atoms with E-state index >= 15 is 0 Å². The second-order valence-electron chi connectivity index (χ2n) is 3.13. The van der Waals surface area contributed by atoms with Crippen molar-refractivity contribution in [1.82, 2.24) is 20.1 Å². The number of carbonyl (C=O) groups is 1. The summed E-state index contributed by atoms with van der Waals surface area (Å²) in [4.78, 5) is 22.4. The Kier molecular flexibility index (Phi) is 3.29. The van der Waals surface area contributed by atoms with E-state index in [9.17, 15) is 4.79 Å². The van der Waals surface area contributed by atoms with E-state index < -0.39 is 0 Å². The van der Waals surface area contributed by atoms with Crippen LogP contribution in [0, 0.1) is 6.92 Å². The minimum atomic E-state index is 0.0989. The Morgan fingerprint density at radius 1 is 1.53 bits per heavy atom. The third-order valence-electron chi connectivity index (χ3n) is 1.94. The van der Waals surface area contributed by atoms with Crippen LogP contribution in [0.2, 0.25) is 5.15 Å². The molecule has 0 fully saturated rings. The molecule has 0 bridgehead atoms. The molecule has 0 aliphatic heterocycles. The fraction of sp³-hybridized carbons (Fsp3) is 0.222. The Morgan fingerprint density at radius 2 is 2.35 bits per heavy atom. The molecule has 0 aliphatic carbocycles. The van der Waals surface area contributed by atoms with Gasteiger partial charge in [-0.3, -0.25) is 4.79 Å². The van der Waals surface area contributed by atoms with E-state index in [1.54, 1.807) is 6.92 Å². The largest absolute Gasteiger partial charge is 0.362 e. The lowest BCUT2D eigenvalue weighted by atomic mass is 10.3. The zero-order valence-corrected chi connectivity index (χ0v) is 9.60. The Morgan fingerprint density at radius 3 is 3.00 bits per heavy atom. The van der Waals surface area contributed by atoms with Crippen LogP contribution in [0.4, 0.5) is 5.82 Å². The molecular weight excluding hydrogens is 246 g/mol. The topological polar surface area (TPSA) is 93.8 Å². The van der Waals surface area contributed by atoms with Crippen molar-refractivity contribution in [2.45, 2.75) is 13.5 Å². The Bertz CT molecular complexity index is 542. The van der Waals surface area contributed by atoms with Gasteiger partial charge in [0.2, 0.25) is 5.89 Å². The van der Waals surface area contributed by atoms with Crippen molar-refractivity contribution in [3.8, 4) is 0 Å². The predicted octanol–water partition coefficient (Wildman–Crippen LogP) is 1.25. The zero-order chi connectivity index (χ0) is 12.3. The van der Waals surface area contributed by atoms with Gasteiger partial charge in [-0.05, 0) is 0 Å². The molecular formula is C9H8ClN5O2. The number of nitrogens with one attached hydrogen (secondary N) is 1. The highest BCUT2D eigenvalue weighted by molar-refractivity contribution is 6.32. The second-order valence-corrected chi connectivity index (χ2v) is 3.49. The van der Waals surface area contributed by atoms with Gasteiger partial charge in [-0.15, -0.1) is 0 Å². The van der Waals surface area contributed by atoms with Gasteiger partial charge >= 0.3 is 0 Å². The number of hydrogen-bond acceptors (Lipinski definition) is 7. The Labute approximate surface area is 101 Å². The van der Waals surface area contributed by atoms with E-state index in [0.717, 1.165) is 0 Å². The molecule has 7 nitrogen and oxygen atoms in total. The molecule has 0 spiro atoms. The molecule has 0 aromatic carbocycles. The molecule has 0 aliphatic rings. The molecule has 0 atom stereocenters. The summed E-state index contributed by atoms with van der Waals surface area (Å²) in [5.41, 5.74) is 0.203. The number of aldehydes is 1. The summed E-state index contributed by atoms with van der Waals surface area (Å²) in [6.07, 6.45) is 1.85. The minimum absolute atomic E-state index is 0.0989. The maximum absolute atomic E-state index is 10.8. The highest BCUT2D eigenvalue weighted by Gasteiger charge is 2.09. The Hall–Kier alpha value is -2.02. The van der Waals surface area contributed by atoms with Crippen molar-refractivity contribution in [3.63, 3.8) is 0 Å². The lowest BCUT2D eigenvalue weighted by Gasteiger charge is -2.05. The van der Waals surface area contributed by atoms with E-state index in [4.69, 9.17) is 16.1 Å². The molecule has 0 radical (unpaired) electrons. The van der Waals surface area contributed by atoms with E-state index in [-0.39, 0.29) is 17.3 Å². The number of hydrogen-bond donors (Lipinski definition) is 1. The van der Waals surface area contributed by atoms with Gasteiger partial charge in [-0.2, -0.15) is 4.98 Å². The molecule has 2 rings (SSSR count). The number of halogens is 1. The van der Waals surface area contributed by atoms with Crippen molar-refractivity contribution in [3.05, 3.63) is 28.8 Å². The van der Waals surface area contributed by atoms with Crippen LogP contribution in [0.25, 0.3) is 0 Å². The van der Waals surface area contributed by atoms with Crippen molar-refractivity contribution in [2.24, 2.45) is 0 Å². The lowest BCUT2D eigenvalue weighted by molar-refractivity contribution is 0.112. The first-order chi connectivity index (χ1) is 8.20. The first-order valence-electron chi connectivity index (χ1n) is 4.69. The molecule has 0 saturated heterocycles. The van der Waals surface area contributed by atoms with E-state index in [1.165, 1.54) is 6.33 Å². The standard InChI is InChI=1S/C9H8ClN5O2/c1-5-14-7(15-17-5)2-11-9-6(3-16)8(10)12-4-13-9/h3-4H,2H2,1H3,(H,11,12,13). The van der Waals surface area contributed by atoms with Crippen LogP contribution in [0.3, 0.4) is 0 Å². The molecule has 17 heavy (non-hydrogen) atoms. The van der Waals surface area contributed by atoms with Crippen LogP contribution in [-0.4, -0.2) is 26.4 Å². The van der Waals surface area contributed by atoms with Gasteiger partial charge in [0.15, 0.2) is 12.1 Å². The molecule has 0 amide bonds. The monoisotopic (exact) mass is 253 g/mol. The summed E-state index contributed by atoms with van der Waals surface area (Å²) in [7, 11) is 0. The van der Waals surface area contributed by atoms with Gasteiger partial charge in [-0.1, -0.05) is 16.8 Å². The number of nitrogens with zero attached hydrogens (tertiary/aromatic N) is 4. The third kappa shape index (κ3) is 2.56. The summed E-state index contributed by atoms with van der Waals surface area (Å²) in [5, 5.41) is 6.68. The van der Waals surface area contributed by atoms with Crippen molar-refractivity contribution >= 4 is 23.7 Å². The van der Waals surface area contributed by atoms with Gasteiger partial charge in [0, 0.05) is 6.92 Å². The summed E-state index contributed by atoms with van der Waals surface area (Å²) < 4.78 is 4.80. The van der Waals surface area contributed by atoms with Gasteiger partial charge in [0.05, 0.1) is 12.1 Å². The highest BCUT2D eigenvalue weighted by Crippen LogP contribution is 2.17. The summed E-state index contributed by atoms with van der Waals surface area (Å²) in [6, 6.07) is 0. The normalized spacial score (nSPS) is 10.2. The van der Waals surface area contributed by atoms with Crippen molar-refractivity contribution < 1.29 is 9.32 Å². The average molecular weight is 254 g/mol. The first-order valence-corrected chi connectivity index (χ1v) is 5.07. The van der Waals surface area contributed by atoms with Crippen LogP contribution in [0.15, 0.2) is 10.9 Å². The molecule has 1 N–H and O–H groups in total. The zero-order valence-electron chi connectivity index (χ0n) is 8.85. The van der Waals surface area contributed by atoms with Crippen LogP contribution in [0.1, 0.15) is 22.1 Å². The fourth-order valence-electron chi connectivity index (χ4n) is 1.20. The van der Waals surface area contributed by atoms with Gasteiger partial charge in [-0.25, -0.2) is 9.97 Å². The number of carbonyl (C=O) groups excluding carboxylic acids is 1. The lowest BCUT2D eigenvalue weighted by Crippen LogP contribution is -2.06. The fourth-order valence-corrected chi connectivity index (χ4v) is 1.37. The summed E-state index contributed by atoms with van der Waals surface area (Å²) in [6.45, 7) is 1.97. The van der Waals surface area contributed by atoms with Gasteiger partial charge in [0.1, 0.15) is 17.3 Å². The number of rotatable bonds is 4. The quantitative estimate of drug-likeness (QED) is 0.647. The highest BCUT2D eigenvalue weighted by atomic mass is 35.5. The third-order valence-corrected chi connectivity index (χ3v) is 2.24. The molecule has 88 valence electrons. The predicted molar refractivity (Wildman–Crippen MR) is 58.8 cm³/mol. The number of aryl methyl sites for hydroxylation is 1. The average Bonchev–Trinajstić information content (AvgIpc) is 2.72. The number of anilines is 1. The van der Waals surface area contributed by atoms with E-state index in [2.05, 4.69) is 25.4 Å². The SMILES string of the molecule is Cc1nc(CNc2ncnc(Cl)c2C=O)no1. The van der Waals surface area contributed by atoms with Gasteiger partial charge in [0.25, 0.3) is 0 Å². The van der Waals surface area contributed by atoms with Crippen LogP contribution in [0.5, 0.6) is 0 Å². The Balaban J connectivity index is 2.14. The van der Waals surface area contributed by atoms with Gasteiger partial charge < -0.3 is 9.84 Å². The van der Waals surface area contributed by atoms with E-state index in [0.29, 0.717) is 23.8 Å².